The first-order valence-corrected chi connectivity index (χ1v) is 29.9. The Hall–Kier alpha value is -9.22. The minimum Gasteiger partial charge on any atom is -0.0617 e. The van der Waals surface area contributed by atoms with Crippen LogP contribution >= 0.6 is 0 Å². The van der Waals surface area contributed by atoms with E-state index in [1.165, 1.54) is 51.0 Å². The molecule has 0 spiro atoms. The predicted octanol–water partition coefficient (Wildman–Crippen LogP) is 16.9. The summed E-state index contributed by atoms with van der Waals surface area (Å²) < 4.78 is 19.2. The van der Waals surface area contributed by atoms with Gasteiger partial charge in [-0.2, -0.15) is 0 Å². The maximum absolute atomic E-state index is 6.88. The zero-order chi connectivity index (χ0) is 49.7. The van der Waals surface area contributed by atoms with Gasteiger partial charge in [0.15, 0.2) is 0 Å². The van der Waals surface area contributed by atoms with Gasteiger partial charge in [0, 0.05) is 0 Å². The van der Waals surface area contributed by atoms with Crippen LogP contribution in [-0.4, -0.2) is 13.3 Å². The second-order valence-electron chi connectivity index (χ2n) is 19.5. The number of hydrogen-bond donors (Lipinski definition) is 0. The fourth-order valence-electron chi connectivity index (χ4n) is 11.6. The fourth-order valence-corrected chi connectivity index (χ4v) is 21.5. The molecular weight excluding hydrogens is 969 g/mol. The summed E-state index contributed by atoms with van der Waals surface area (Å²) in [6.45, 7) is 0. The molecule has 0 saturated heterocycles. The quantitative estimate of drug-likeness (QED) is 0.128. The van der Waals surface area contributed by atoms with Crippen LogP contribution in [0.4, 0.5) is 0 Å². The van der Waals surface area contributed by atoms with Gasteiger partial charge in [0.25, 0.3) is 0 Å². The molecule has 0 amide bonds. The van der Waals surface area contributed by atoms with Crippen molar-refractivity contribution in [1.82, 2.24) is 0 Å². The minimum absolute atomic E-state index is 0.878. The van der Waals surface area contributed by atoms with E-state index in [9.17, 15) is 0 Å². The minimum atomic E-state index is -3.76. The van der Waals surface area contributed by atoms with Crippen LogP contribution in [0.15, 0.2) is 300 Å². The SMILES string of the molecule is c1ccc(-c2ccc3oc4c(-c5cc[c]([Ge]([c]6ccccc6)([c]6ccccc6)[c]6ccc(-c7cc(-c8ccccc8)cc8c7oc7ccc(-c9ccccc9)cc78)cc6)cc5)cc(-c5ccccc5)cc4c3c2)cc1. The Morgan fingerprint density at radius 3 is 0.827 bits per heavy atom. The zero-order valence-electron chi connectivity index (χ0n) is 41.0. The maximum atomic E-state index is 6.88. The van der Waals surface area contributed by atoms with E-state index in [0.717, 1.165) is 77.3 Å². The third-order valence-corrected chi connectivity index (χ3v) is 25.3. The van der Waals surface area contributed by atoms with Crippen molar-refractivity contribution in [3.63, 3.8) is 0 Å². The predicted molar refractivity (Wildman–Crippen MR) is 317 cm³/mol. The van der Waals surface area contributed by atoms with E-state index in [1.807, 2.05) is 0 Å². The molecule has 2 nitrogen and oxygen atoms in total. The van der Waals surface area contributed by atoms with Crippen molar-refractivity contribution < 1.29 is 8.83 Å². The number of benzene rings is 12. The molecule has 0 bridgehead atoms. The summed E-state index contributed by atoms with van der Waals surface area (Å²) in [5.41, 5.74) is 17.3. The van der Waals surface area contributed by atoms with Crippen molar-refractivity contribution in [1.29, 1.82) is 0 Å². The number of fused-ring (bicyclic) bond motifs is 6. The summed E-state index contributed by atoms with van der Waals surface area (Å²) in [7, 11) is 0. The number of rotatable bonds is 10. The molecule has 2 aromatic heterocycles. The Kier molecular flexibility index (Phi) is 11.1. The van der Waals surface area contributed by atoms with Crippen LogP contribution in [0.5, 0.6) is 0 Å². The van der Waals surface area contributed by atoms with Gasteiger partial charge < -0.3 is 0 Å². The van der Waals surface area contributed by atoms with Crippen LogP contribution in [-0.2, 0) is 0 Å². The molecule has 75 heavy (non-hydrogen) atoms. The van der Waals surface area contributed by atoms with Gasteiger partial charge in [0.05, 0.1) is 0 Å². The van der Waals surface area contributed by atoms with Crippen LogP contribution in [0.25, 0.3) is 111 Å². The van der Waals surface area contributed by atoms with Crippen LogP contribution in [0.2, 0.25) is 0 Å². The van der Waals surface area contributed by atoms with Gasteiger partial charge >= 0.3 is 405 Å². The van der Waals surface area contributed by atoms with Crippen LogP contribution < -0.4 is 17.6 Å². The first-order chi connectivity index (χ1) is 37.2. The van der Waals surface area contributed by atoms with Crippen molar-refractivity contribution in [2.24, 2.45) is 0 Å². The normalized spacial score (nSPS) is 11.7. The van der Waals surface area contributed by atoms with E-state index in [0.29, 0.717) is 0 Å². The van der Waals surface area contributed by atoms with Crippen molar-refractivity contribution in [2.45, 2.75) is 0 Å². The molecule has 0 fully saturated rings. The smallest absolute Gasteiger partial charge is 0.0617 e. The molecular formula is C72H48GeO2. The average molecular weight is 1020 g/mol. The van der Waals surface area contributed by atoms with E-state index in [4.69, 9.17) is 8.83 Å². The Morgan fingerprint density at radius 2 is 0.480 bits per heavy atom. The molecule has 2 heterocycles. The van der Waals surface area contributed by atoms with Crippen molar-refractivity contribution in [3.8, 4) is 66.8 Å². The summed E-state index contributed by atoms with van der Waals surface area (Å²) in [5.74, 6) is 0. The molecule has 0 saturated carbocycles. The third kappa shape index (κ3) is 7.81. The molecule has 3 heteroatoms. The van der Waals surface area contributed by atoms with Gasteiger partial charge in [-0.05, 0) is 0 Å². The standard InChI is InChI=1S/C72H48GeO2/c1-7-19-49(20-8-1)55-35-41-69-65(43-55)67-47-57(51-23-11-3-12-24-51)45-63(71(67)74-69)53-31-37-61(38-32-53)73(59-27-15-5-16-28-59,60-29-17-6-18-30-60)62-39-33-54(34-40-62)64-46-58(52-25-13-4-14-26-52)48-68-66-44-56(50-21-9-2-10-22-50)36-42-70(66)75-72(64)68/h1-48H. The van der Waals surface area contributed by atoms with Gasteiger partial charge in [-0.15, -0.1) is 0 Å². The van der Waals surface area contributed by atoms with E-state index >= 15 is 0 Å². The van der Waals surface area contributed by atoms with Crippen LogP contribution in [0, 0.1) is 0 Å². The topological polar surface area (TPSA) is 26.3 Å². The monoisotopic (exact) mass is 1020 g/mol. The van der Waals surface area contributed by atoms with Crippen molar-refractivity contribution in [3.05, 3.63) is 291 Å². The molecule has 0 unspecified atom stereocenters. The molecule has 0 N–H and O–H groups in total. The van der Waals surface area contributed by atoms with Gasteiger partial charge in [-0.25, -0.2) is 0 Å². The van der Waals surface area contributed by atoms with Gasteiger partial charge in [0.1, 0.15) is 0 Å². The summed E-state index contributed by atoms with van der Waals surface area (Å²) >= 11 is -3.76. The van der Waals surface area contributed by atoms with E-state index in [2.05, 4.69) is 291 Å². The van der Waals surface area contributed by atoms with Crippen molar-refractivity contribution >= 4 is 74.7 Å². The Labute approximate surface area is 438 Å². The summed E-state index contributed by atoms with van der Waals surface area (Å²) in [4.78, 5) is 0. The summed E-state index contributed by atoms with van der Waals surface area (Å²) in [5, 5.41) is 4.43. The Balaban J connectivity index is 0.932. The first kappa shape index (κ1) is 44.5. The van der Waals surface area contributed by atoms with E-state index < -0.39 is 13.3 Å². The van der Waals surface area contributed by atoms with Crippen molar-refractivity contribution in [2.75, 3.05) is 0 Å². The summed E-state index contributed by atoms with van der Waals surface area (Å²) in [6, 6.07) is 106. The molecule has 0 atom stereocenters. The van der Waals surface area contributed by atoms with Gasteiger partial charge in [-0.3, -0.25) is 0 Å². The third-order valence-electron chi connectivity index (χ3n) is 15.2. The van der Waals surface area contributed by atoms with Gasteiger partial charge in [0.2, 0.25) is 0 Å². The molecule has 0 aliphatic carbocycles. The fraction of sp³-hybridized carbons (Fsp3) is 0. The molecule has 0 aliphatic rings. The number of furan rings is 2. The summed E-state index contributed by atoms with van der Waals surface area (Å²) in [6.07, 6.45) is 0. The Morgan fingerprint density at radius 1 is 0.200 bits per heavy atom. The Bertz CT molecular complexity index is 4050. The molecule has 352 valence electrons. The molecule has 0 aliphatic heterocycles. The molecule has 0 radical (unpaired) electrons. The second kappa shape index (κ2) is 18.7. The van der Waals surface area contributed by atoms with Crippen LogP contribution in [0.3, 0.4) is 0 Å². The number of hydrogen-bond acceptors (Lipinski definition) is 2. The molecule has 12 aromatic carbocycles. The van der Waals surface area contributed by atoms with Crippen LogP contribution in [0.1, 0.15) is 0 Å². The van der Waals surface area contributed by atoms with Gasteiger partial charge in [-0.1, -0.05) is 36.4 Å². The zero-order valence-corrected chi connectivity index (χ0v) is 43.1. The molecule has 14 aromatic rings. The van der Waals surface area contributed by atoms with E-state index in [-0.39, 0.29) is 0 Å². The average Bonchev–Trinajstić information content (AvgIpc) is 4.07. The second-order valence-corrected chi connectivity index (χ2v) is 27.5. The first-order valence-electron chi connectivity index (χ1n) is 25.7. The molecule has 14 rings (SSSR count). The van der Waals surface area contributed by atoms with E-state index in [1.54, 1.807) is 0 Å².